The Bertz CT molecular complexity index is 1240. The molecule has 1 saturated heterocycles. The molecule has 1 aliphatic rings. The zero-order valence-electron chi connectivity index (χ0n) is 16.7. The number of fused-ring (bicyclic) bond motifs is 1. The van der Waals surface area contributed by atoms with E-state index in [1.807, 2.05) is 0 Å². The van der Waals surface area contributed by atoms with Crippen molar-refractivity contribution in [3.63, 3.8) is 0 Å². The smallest absolute Gasteiger partial charge is 0.309 e. The first-order chi connectivity index (χ1) is 15.3. The van der Waals surface area contributed by atoms with E-state index in [1.165, 1.54) is 28.6 Å². The van der Waals surface area contributed by atoms with Crippen molar-refractivity contribution in [1.29, 1.82) is 0 Å². The molecule has 1 N–H and O–H groups in total. The maximum atomic E-state index is 12.7. The van der Waals surface area contributed by atoms with Gasteiger partial charge in [0.25, 0.3) is 5.91 Å². The van der Waals surface area contributed by atoms with Crippen molar-refractivity contribution >= 4 is 61.9 Å². The number of hydrogen-bond acceptors (Lipinski definition) is 8. The Hall–Kier alpha value is -2.60. The van der Waals surface area contributed by atoms with Gasteiger partial charge in [-0.25, -0.2) is 8.42 Å². The van der Waals surface area contributed by atoms with Crippen molar-refractivity contribution in [2.75, 3.05) is 25.0 Å². The van der Waals surface area contributed by atoms with Crippen LogP contribution in [-0.4, -0.2) is 53.0 Å². The van der Waals surface area contributed by atoms with Crippen molar-refractivity contribution < 1.29 is 22.7 Å². The van der Waals surface area contributed by atoms with E-state index in [0.717, 1.165) is 11.7 Å². The molecule has 9 nitrogen and oxygen atoms in total. The van der Waals surface area contributed by atoms with E-state index in [9.17, 15) is 18.0 Å². The Morgan fingerprint density at radius 1 is 1.12 bits per heavy atom. The van der Waals surface area contributed by atoms with Gasteiger partial charge in [0.2, 0.25) is 10.0 Å². The van der Waals surface area contributed by atoms with Crippen molar-refractivity contribution in [2.45, 2.75) is 17.7 Å². The number of nitrogens with one attached hydrogen (secondary N) is 1. The minimum Gasteiger partial charge on any atom is -0.455 e. The first-order valence-electron chi connectivity index (χ1n) is 9.78. The average Bonchev–Trinajstić information content (AvgIpc) is 3.28. The Kier molecular flexibility index (Phi) is 6.70. The van der Waals surface area contributed by atoms with E-state index in [2.05, 4.69) is 14.1 Å². The summed E-state index contributed by atoms with van der Waals surface area (Å²) >= 11 is 6.87. The molecule has 0 aliphatic carbocycles. The summed E-state index contributed by atoms with van der Waals surface area (Å²) in [5, 5.41) is 3.12. The third kappa shape index (κ3) is 4.90. The number of esters is 1. The van der Waals surface area contributed by atoms with Gasteiger partial charge in [0.05, 0.1) is 28.2 Å². The van der Waals surface area contributed by atoms with Gasteiger partial charge in [-0.3, -0.25) is 9.59 Å². The van der Waals surface area contributed by atoms with Gasteiger partial charge in [0.1, 0.15) is 11.0 Å². The molecule has 0 unspecified atom stereocenters. The third-order valence-electron chi connectivity index (χ3n) is 5.14. The molecule has 0 radical (unpaired) electrons. The van der Waals surface area contributed by atoms with Crippen LogP contribution in [-0.2, 0) is 24.3 Å². The predicted molar refractivity (Wildman–Crippen MR) is 120 cm³/mol. The second-order valence-corrected chi connectivity index (χ2v) is 10.1. The second kappa shape index (κ2) is 9.49. The molecule has 12 heteroatoms. The highest BCUT2D eigenvalue weighted by Crippen LogP contribution is 2.26. The van der Waals surface area contributed by atoms with Crippen LogP contribution in [0.25, 0.3) is 11.0 Å². The molecular formula is C20H19ClN4O5S2. The number of halogens is 1. The SMILES string of the molecule is O=C(COC(=O)C1CCN(S(=O)(=O)c2ccc(Cl)cc2)CC1)Nc1cccc2nsnc12. The van der Waals surface area contributed by atoms with Gasteiger partial charge in [0, 0.05) is 18.1 Å². The van der Waals surface area contributed by atoms with Gasteiger partial charge >= 0.3 is 5.97 Å². The zero-order valence-corrected chi connectivity index (χ0v) is 19.1. The molecule has 1 amide bonds. The average molecular weight is 495 g/mol. The zero-order chi connectivity index (χ0) is 22.7. The number of piperidine rings is 1. The summed E-state index contributed by atoms with van der Waals surface area (Å²) in [5.41, 5.74) is 1.74. The summed E-state index contributed by atoms with van der Waals surface area (Å²) < 4.78 is 40.2. The highest BCUT2D eigenvalue weighted by Gasteiger charge is 2.33. The Morgan fingerprint density at radius 2 is 1.84 bits per heavy atom. The highest BCUT2D eigenvalue weighted by atomic mass is 35.5. The van der Waals surface area contributed by atoms with Crippen LogP contribution in [0.4, 0.5) is 5.69 Å². The molecular weight excluding hydrogens is 476 g/mol. The molecule has 1 aliphatic heterocycles. The molecule has 2 aromatic carbocycles. The van der Waals surface area contributed by atoms with E-state index >= 15 is 0 Å². The lowest BCUT2D eigenvalue weighted by molar-refractivity contribution is -0.152. The van der Waals surface area contributed by atoms with E-state index < -0.39 is 34.4 Å². The van der Waals surface area contributed by atoms with E-state index in [-0.39, 0.29) is 18.0 Å². The highest BCUT2D eigenvalue weighted by molar-refractivity contribution is 7.89. The Morgan fingerprint density at radius 3 is 2.56 bits per heavy atom. The molecule has 0 spiro atoms. The topological polar surface area (TPSA) is 119 Å². The summed E-state index contributed by atoms with van der Waals surface area (Å²) in [6, 6.07) is 11.2. The van der Waals surface area contributed by atoms with E-state index in [4.69, 9.17) is 16.3 Å². The van der Waals surface area contributed by atoms with E-state index in [0.29, 0.717) is 34.6 Å². The molecule has 0 atom stereocenters. The van der Waals surface area contributed by atoms with Gasteiger partial charge in [-0.1, -0.05) is 17.7 Å². The quantitative estimate of drug-likeness (QED) is 0.523. The summed E-state index contributed by atoms with van der Waals surface area (Å²) in [7, 11) is -3.65. The maximum absolute atomic E-state index is 12.7. The fraction of sp³-hybridized carbons (Fsp3) is 0.300. The summed E-state index contributed by atoms with van der Waals surface area (Å²) in [6.07, 6.45) is 0.633. The molecule has 1 aromatic heterocycles. The van der Waals surface area contributed by atoms with Crippen LogP contribution in [0.5, 0.6) is 0 Å². The lowest BCUT2D eigenvalue weighted by atomic mass is 9.98. The lowest BCUT2D eigenvalue weighted by Crippen LogP contribution is -2.40. The summed E-state index contributed by atoms with van der Waals surface area (Å²) in [4.78, 5) is 24.7. The van der Waals surface area contributed by atoms with Crippen molar-refractivity contribution in [1.82, 2.24) is 13.1 Å². The molecule has 0 bridgehead atoms. The van der Waals surface area contributed by atoms with Crippen LogP contribution in [0.15, 0.2) is 47.4 Å². The minimum atomic E-state index is -3.65. The normalized spacial score (nSPS) is 15.5. The Labute approximate surface area is 193 Å². The number of rotatable bonds is 6. The number of nitrogens with zero attached hydrogens (tertiary/aromatic N) is 3. The number of sulfonamides is 1. The molecule has 2 heterocycles. The van der Waals surface area contributed by atoms with Gasteiger partial charge in [-0.05, 0) is 49.2 Å². The first-order valence-corrected chi connectivity index (χ1v) is 12.3. The van der Waals surface area contributed by atoms with Crippen LogP contribution in [0.2, 0.25) is 5.02 Å². The standard InChI is InChI=1S/C20H19ClN4O5S2/c21-14-4-6-15(7-5-14)32(28,29)25-10-8-13(9-11-25)20(27)30-12-18(26)22-16-2-1-3-17-19(16)24-31-23-17/h1-7,13H,8-12H2,(H,22,26). The van der Waals surface area contributed by atoms with Gasteiger partial charge in [-0.15, -0.1) is 0 Å². The second-order valence-electron chi connectivity index (χ2n) is 7.23. The van der Waals surface area contributed by atoms with Crippen LogP contribution in [0, 0.1) is 5.92 Å². The lowest BCUT2D eigenvalue weighted by Gasteiger charge is -2.30. The molecule has 3 aromatic rings. The van der Waals surface area contributed by atoms with Crippen molar-refractivity contribution in [3.8, 4) is 0 Å². The summed E-state index contributed by atoms with van der Waals surface area (Å²) in [6.45, 7) is -0.0540. The third-order valence-corrected chi connectivity index (χ3v) is 7.85. The number of hydrogen-bond donors (Lipinski definition) is 1. The van der Waals surface area contributed by atoms with Crippen LogP contribution >= 0.6 is 23.3 Å². The Balaban J connectivity index is 1.28. The molecule has 1 fully saturated rings. The van der Waals surface area contributed by atoms with E-state index in [1.54, 1.807) is 18.2 Å². The number of ether oxygens (including phenoxy) is 1. The largest absolute Gasteiger partial charge is 0.455 e. The number of anilines is 1. The molecule has 32 heavy (non-hydrogen) atoms. The van der Waals surface area contributed by atoms with Crippen molar-refractivity contribution in [2.24, 2.45) is 5.92 Å². The van der Waals surface area contributed by atoms with Crippen LogP contribution < -0.4 is 5.32 Å². The monoisotopic (exact) mass is 494 g/mol. The van der Waals surface area contributed by atoms with Crippen molar-refractivity contribution in [3.05, 3.63) is 47.5 Å². The number of carbonyl (C=O) groups is 2. The van der Waals surface area contributed by atoms with Gasteiger partial charge in [-0.2, -0.15) is 13.1 Å². The number of aromatic nitrogens is 2. The predicted octanol–water partition coefficient (Wildman–Crippen LogP) is 2.93. The number of amides is 1. The minimum absolute atomic E-state index is 0.157. The fourth-order valence-corrected chi connectivity index (χ4v) is 5.58. The number of carbonyl (C=O) groups excluding carboxylic acids is 2. The van der Waals surface area contributed by atoms with Gasteiger partial charge < -0.3 is 10.1 Å². The summed E-state index contributed by atoms with van der Waals surface area (Å²) in [5.74, 6) is -1.47. The molecule has 4 rings (SSSR count). The van der Waals surface area contributed by atoms with Crippen LogP contribution in [0.3, 0.4) is 0 Å². The maximum Gasteiger partial charge on any atom is 0.309 e. The van der Waals surface area contributed by atoms with Gasteiger partial charge in [0.15, 0.2) is 6.61 Å². The van der Waals surface area contributed by atoms with Crippen LogP contribution in [0.1, 0.15) is 12.8 Å². The fourth-order valence-electron chi connectivity index (χ4n) is 3.44. The molecule has 168 valence electrons. The first kappa shape index (κ1) is 22.6. The number of benzene rings is 2. The molecule has 0 saturated carbocycles.